The van der Waals surface area contributed by atoms with Crippen molar-refractivity contribution in [2.24, 2.45) is 0 Å². The highest BCUT2D eigenvalue weighted by Gasteiger charge is 2.07. The molecule has 2 aromatic rings. The SMILES string of the molecule is COc1ccc(CNC(=O)CSc2ccccc2)c(OC)c1. The first-order valence-corrected chi connectivity index (χ1v) is 7.87. The first-order valence-electron chi connectivity index (χ1n) is 6.88. The Morgan fingerprint density at radius 1 is 1.09 bits per heavy atom. The van der Waals surface area contributed by atoms with Gasteiger partial charge < -0.3 is 14.8 Å². The molecule has 0 radical (unpaired) electrons. The minimum Gasteiger partial charge on any atom is -0.497 e. The molecule has 0 bridgehead atoms. The zero-order valence-electron chi connectivity index (χ0n) is 12.7. The van der Waals surface area contributed by atoms with Crippen molar-refractivity contribution in [1.82, 2.24) is 5.32 Å². The molecule has 4 nitrogen and oxygen atoms in total. The van der Waals surface area contributed by atoms with Gasteiger partial charge in [0.15, 0.2) is 0 Å². The minimum absolute atomic E-state index is 0.00766. The predicted octanol–water partition coefficient (Wildman–Crippen LogP) is 3.11. The Balaban J connectivity index is 1.86. The van der Waals surface area contributed by atoms with Crippen LogP contribution in [0.4, 0.5) is 0 Å². The van der Waals surface area contributed by atoms with E-state index in [2.05, 4.69) is 5.32 Å². The van der Waals surface area contributed by atoms with Crippen LogP contribution in [0.25, 0.3) is 0 Å². The third-order valence-electron chi connectivity index (χ3n) is 3.08. The second-order valence-corrected chi connectivity index (χ2v) is 5.60. The fraction of sp³-hybridized carbons (Fsp3) is 0.235. The van der Waals surface area contributed by atoms with Crippen LogP contribution in [0.5, 0.6) is 11.5 Å². The van der Waals surface area contributed by atoms with Crippen molar-refractivity contribution >= 4 is 17.7 Å². The third kappa shape index (κ3) is 4.70. The summed E-state index contributed by atoms with van der Waals surface area (Å²) >= 11 is 1.52. The molecule has 0 aliphatic heterocycles. The van der Waals surface area contributed by atoms with Crippen molar-refractivity contribution in [2.45, 2.75) is 11.4 Å². The molecule has 0 fully saturated rings. The number of methoxy groups -OCH3 is 2. The van der Waals surface area contributed by atoms with Crippen LogP contribution in [0.15, 0.2) is 53.4 Å². The van der Waals surface area contributed by atoms with Crippen molar-refractivity contribution in [1.29, 1.82) is 0 Å². The van der Waals surface area contributed by atoms with Crippen LogP contribution in [0.3, 0.4) is 0 Å². The molecule has 0 saturated carbocycles. The van der Waals surface area contributed by atoms with E-state index in [1.54, 1.807) is 20.3 Å². The van der Waals surface area contributed by atoms with Gasteiger partial charge in [0.1, 0.15) is 11.5 Å². The summed E-state index contributed by atoms with van der Waals surface area (Å²) in [6.45, 7) is 0.432. The van der Waals surface area contributed by atoms with Crippen molar-refractivity contribution in [3.8, 4) is 11.5 Å². The lowest BCUT2D eigenvalue weighted by atomic mass is 10.2. The van der Waals surface area contributed by atoms with Crippen LogP contribution in [0.2, 0.25) is 0 Å². The first kappa shape index (κ1) is 16.2. The Hall–Kier alpha value is -2.14. The summed E-state index contributed by atoms with van der Waals surface area (Å²) in [5, 5.41) is 2.90. The van der Waals surface area contributed by atoms with E-state index in [9.17, 15) is 4.79 Å². The first-order chi connectivity index (χ1) is 10.7. The maximum atomic E-state index is 11.9. The van der Waals surface area contributed by atoms with Gasteiger partial charge in [-0.3, -0.25) is 4.79 Å². The molecule has 2 aromatic carbocycles. The summed E-state index contributed by atoms with van der Waals surface area (Å²) in [5.74, 6) is 1.82. The number of carbonyl (C=O) groups excluding carboxylic acids is 1. The zero-order chi connectivity index (χ0) is 15.8. The number of amides is 1. The third-order valence-corrected chi connectivity index (χ3v) is 4.10. The topological polar surface area (TPSA) is 47.6 Å². The second-order valence-electron chi connectivity index (χ2n) is 4.56. The Labute approximate surface area is 134 Å². The van der Waals surface area contributed by atoms with Crippen LogP contribution in [0.1, 0.15) is 5.56 Å². The minimum atomic E-state index is -0.00766. The van der Waals surface area contributed by atoms with Crippen molar-refractivity contribution < 1.29 is 14.3 Å². The zero-order valence-corrected chi connectivity index (χ0v) is 13.5. The Bertz CT molecular complexity index is 617. The summed E-state index contributed by atoms with van der Waals surface area (Å²) in [5.41, 5.74) is 0.918. The van der Waals surface area contributed by atoms with Gasteiger partial charge in [0.25, 0.3) is 0 Å². The number of thioether (sulfide) groups is 1. The van der Waals surface area contributed by atoms with E-state index in [-0.39, 0.29) is 5.91 Å². The summed E-state index contributed by atoms with van der Waals surface area (Å²) in [6.07, 6.45) is 0. The molecule has 0 atom stereocenters. The van der Waals surface area contributed by atoms with Crippen LogP contribution in [0, 0.1) is 0 Å². The summed E-state index contributed by atoms with van der Waals surface area (Å²) < 4.78 is 10.5. The van der Waals surface area contributed by atoms with E-state index < -0.39 is 0 Å². The number of carbonyl (C=O) groups is 1. The average Bonchev–Trinajstić information content (AvgIpc) is 2.58. The number of nitrogens with one attached hydrogen (secondary N) is 1. The van der Waals surface area contributed by atoms with Gasteiger partial charge in [-0.1, -0.05) is 18.2 Å². The van der Waals surface area contributed by atoms with Gasteiger partial charge >= 0.3 is 0 Å². The quantitative estimate of drug-likeness (QED) is 0.797. The van der Waals surface area contributed by atoms with Gasteiger partial charge in [0.2, 0.25) is 5.91 Å². The molecular formula is C17H19NO3S. The second kappa shape index (κ2) is 8.34. The highest BCUT2D eigenvalue weighted by atomic mass is 32.2. The van der Waals surface area contributed by atoms with E-state index in [1.165, 1.54) is 11.8 Å². The Kier molecular flexibility index (Phi) is 6.15. The summed E-state index contributed by atoms with van der Waals surface area (Å²) in [6, 6.07) is 15.4. The monoisotopic (exact) mass is 317 g/mol. The molecule has 0 heterocycles. The average molecular weight is 317 g/mol. The van der Waals surface area contributed by atoms with Gasteiger partial charge in [-0.15, -0.1) is 11.8 Å². The highest BCUT2D eigenvalue weighted by Crippen LogP contribution is 2.24. The molecule has 5 heteroatoms. The molecule has 1 N–H and O–H groups in total. The van der Waals surface area contributed by atoms with Crippen LogP contribution in [-0.4, -0.2) is 25.9 Å². The van der Waals surface area contributed by atoms with Gasteiger partial charge in [0.05, 0.1) is 20.0 Å². The predicted molar refractivity (Wildman–Crippen MR) is 88.6 cm³/mol. The molecule has 1 amide bonds. The molecule has 0 saturated heterocycles. The van der Waals surface area contributed by atoms with Crippen LogP contribution < -0.4 is 14.8 Å². The number of ether oxygens (including phenoxy) is 2. The lowest BCUT2D eigenvalue weighted by Crippen LogP contribution is -2.24. The standard InChI is InChI=1S/C17H19NO3S/c1-20-14-9-8-13(16(10-14)21-2)11-18-17(19)12-22-15-6-4-3-5-7-15/h3-10H,11-12H2,1-2H3,(H,18,19). The van der Waals surface area contributed by atoms with E-state index in [1.807, 2.05) is 42.5 Å². The molecule has 22 heavy (non-hydrogen) atoms. The Morgan fingerprint density at radius 2 is 1.86 bits per heavy atom. The molecule has 0 unspecified atom stereocenters. The van der Waals surface area contributed by atoms with Gasteiger partial charge in [-0.25, -0.2) is 0 Å². The highest BCUT2D eigenvalue weighted by molar-refractivity contribution is 8.00. The van der Waals surface area contributed by atoms with Gasteiger partial charge in [-0.05, 0) is 24.3 Å². The van der Waals surface area contributed by atoms with Crippen molar-refractivity contribution in [2.75, 3.05) is 20.0 Å². The number of hydrogen-bond donors (Lipinski definition) is 1. The van der Waals surface area contributed by atoms with E-state index in [0.717, 1.165) is 16.2 Å². The maximum Gasteiger partial charge on any atom is 0.230 e. The Morgan fingerprint density at radius 3 is 2.55 bits per heavy atom. The van der Waals surface area contributed by atoms with E-state index in [0.29, 0.717) is 18.0 Å². The summed E-state index contributed by atoms with van der Waals surface area (Å²) in [7, 11) is 3.21. The summed E-state index contributed by atoms with van der Waals surface area (Å²) in [4.78, 5) is 13.0. The number of benzene rings is 2. The molecule has 0 aromatic heterocycles. The van der Waals surface area contributed by atoms with Crippen molar-refractivity contribution in [3.05, 3.63) is 54.1 Å². The maximum absolute atomic E-state index is 11.9. The largest absolute Gasteiger partial charge is 0.497 e. The van der Waals surface area contributed by atoms with E-state index >= 15 is 0 Å². The lowest BCUT2D eigenvalue weighted by molar-refractivity contribution is -0.118. The van der Waals surface area contributed by atoms with Gasteiger partial charge in [0, 0.05) is 23.1 Å². The van der Waals surface area contributed by atoms with E-state index in [4.69, 9.17) is 9.47 Å². The number of hydrogen-bond acceptors (Lipinski definition) is 4. The fourth-order valence-corrected chi connectivity index (χ4v) is 2.66. The lowest BCUT2D eigenvalue weighted by Gasteiger charge is -2.11. The molecule has 0 aliphatic rings. The molecule has 0 spiro atoms. The van der Waals surface area contributed by atoms with Crippen LogP contribution in [-0.2, 0) is 11.3 Å². The van der Waals surface area contributed by atoms with Gasteiger partial charge in [-0.2, -0.15) is 0 Å². The smallest absolute Gasteiger partial charge is 0.230 e. The molecule has 2 rings (SSSR count). The fourth-order valence-electron chi connectivity index (χ4n) is 1.91. The molecular weight excluding hydrogens is 298 g/mol. The number of rotatable bonds is 7. The molecule has 0 aliphatic carbocycles. The molecule has 116 valence electrons. The van der Waals surface area contributed by atoms with Crippen molar-refractivity contribution in [3.63, 3.8) is 0 Å². The normalized spacial score (nSPS) is 10.1. The van der Waals surface area contributed by atoms with Crippen LogP contribution >= 0.6 is 11.8 Å².